The lowest BCUT2D eigenvalue weighted by atomic mass is 10.0. The number of rotatable bonds is 7. The molecule has 0 spiro atoms. The molecule has 3 aromatic rings. The predicted molar refractivity (Wildman–Crippen MR) is 126 cm³/mol. The van der Waals surface area contributed by atoms with Gasteiger partial charge in [0.15, 0.2) is 0 Å². The van der Waals surface area contributed by atoms with E-state index < -0.39 is 15.6 Å². The maximum absolute atomic E-state index is 12.8. The van der Waals surface area contributed by atoms with E-state index in [0.29, 0.717) is 53.5 Å². The molecule has 1 amide bonds. The summed E-state index contributed by atoms with van der Waals surface area (Å²) in [5.74, 6) is 0.553. The second kappa shape index (κ2) is 9.66. The first-order chi connectivity index (χ1) is 15.8. The van der Waals surface area contributed by atoms with Gasteiger partial charge in [0.1, 0.15) is 15.5 Å². The summed E-state index contributed by atoms with van der Waals surface area (Å²) in [7, 11) is -1.97. The second-order valence-corrected chi connectivity index (χ2v) is 11.0. The molecule has 0 aliphatic carbocycles. The highest BCUT2D eigenvalue weighted by Crippen LogP contribution is 2.25. The van der Waals surface area contributed by atoms with Crippen molar-refractivity contribution >= 4 is 38.2 Å². The van der Waals surface area contributed by atoms with E-state index in [9.17, 15) is 18.0 Å². The molecule has 4 rings (SSSR count). The highest BCUT2D eigenvalue weighted by Gasteiger charge is 2.27. The van der Waals surface area contributed by atoms with Crippen molar-refractivity contribution in [2.45, 2.75) is 42.9 Å². The van der Waals surface area contributed by atoms with E-state index in [2.05, 4.69) is 4.72 Å². The molecular weight excluding hydrogens is 464 g/mol. The first kappa shape index (κ1) is 23.5. The number of sulfonamides is 1. The summed E-state index contributed by atoms with van der Waals surface area (Å²) in [6.45, 7) is 2.81. The summed E-state index contributed by atoms with van der Waals surface area (Å²) in [6, 6.07) is 8.41. The number of ether oxygens (including phenoxy) is 1. The Morgan fingerprint density at radius 3 is 2.70 bits per heavy atom. The van der Waals surface area contributed by atoms with Gasteiger partial charge in [-0.1, -0.05) is 6.07 Å². The Morgan fingerprint density at radius 2 is 2.03 bits per heavy atom. The molecule has 1 aliphatic rings. The van der Waals surface area contributed by atoms with E-state index in [4.69, 9.17) is 9.15 Å². The van der Waals surface area contributed by atoms with Crippen molar-refractivity contribution in [3.05, 3.63) is 57.3 Å². The molecule has 1 saturated heterocycles. The minimum absolute atomic E-state index is 0.0526. The van der Waals surface area contributed by atoms with Crippen LogP contribution in [-0.4, -0.2) is 45.5 Å². The fraction of sp³-hybridized carbons (Fsp3) is 0.391. The smallest absolute Gasteiger partial charge is 0.339 e. The van der Waals surface area contributed by atoms with Gasteiger partial charge >= 0.3 is 5.63 Å². The number of carbonyl (C=O) groups is 1. The van der Waals surface area contributed by atoms with E-state index in [1.54, 1.807) is 41.7 Å². The highest BCUT2D eigenvalue weighted by atomic mass is 32.2. The maximum atomic E-state index is 12.8. The number of amides is 1. The number of thiophene rings is 1. The number of hydrogen-bond donors (Lipinski definition) is 1. The van der Waals surface area contributed by atoms with Gasteiger partial charge in [0.05, 0.1) is 7.11 Å². The van der Waals surface area contributed by atoms with Crippen molar-refractivity contribution in [1.82, 2.24) is 9.62 Å². The Hall–Kier alpha value is -2.69. The number of carbonyl (C=O) groups excluding carboxylic acids is 1. The van der Waals surface area contributed by atoms with Gasteiger partial charge < -0.3 is 14.1 Å². The summed E-state index contributed by atoms with van der Waals surface area (Å²) in [5.41, 5.74) is 1.32. The van der Waals surface area contributed by atoms with Gasteiger partial charge in [0.2, 0.25) is 15.9 Å². The van der Waals surface area contributed by atoms with E-state index >= 15 is 0 Å². The van der Waals surface area contributed by atoms with Crippen LogP contribution < -0.4 is 15.1 Å². The van der Waals surface area contributed by atoms with Crippen molar-refractivity contribution in [1.29, 1.82) is 0 Å². The maximum Gasteiger partial charge on any atom is 0.339 e. The molecule has 10 heteroatoms. The molecule has 0 saturated carbocycles. The van der Waals surface area contributed by atoms with Gasteiger partial charge in [0.25, 0.3) is 0 Å². The van der Waals surface area contributed by atoms with Crippen molar-refractivity contribution in [2.75, 3.05) is 20.2 Å². The van der Waals surface area contributed by atoms with Gasteiger partial charge in [-0.2, -0.15) is 0 Å². The standard InChI is InChI=1S/C23H26N2O6S2/c1-15-18-6-5-17(30-2)14-20(18)31-23(27)19(15)7-8-21(26)25-11-9-16(10-12-25)24-33(28,29)22-4-3-13-32-22/h3-6,13-14,16,24H,7-12H2,1-2H3. The summed E-state index contributed by atoms with van der Waals surface area (Å²) in [5, 5.41) is 2.54. The second-order valence-electron chi connectivity index (χ2n) is 8.06. The van der Waals surface area contributed by atoms with Crippen LogP contribution in [0.25, 0.3) is 11.0 Å². The van der Waals surface area contributed by atoms with Crippen molar-refractivity contribution in [2.24, 2.45) is 0 Å². The fourth-order valence-corrected chi connectivity index (χ4v) is 6.44. The number of aryl methyl sites for hydroxylation is 1. The van der Waals surface area contributed by atoms with E-state index in [1.165, 1.54) is 11.3 Å². The van der Waals surface area contributed by atoms with Crippen LogP contribution in [0.3, 0.4) is 0 Å². The largest absolute Gasteiger partial charge is 0.497 e. The van der Waals surface area contributed by atoms with Gasteiger partial charge in [-0.3, -0.25) is 4.79 Å². The van der Waals surface area contributed by atoms with Crippen molar-refractivity contribution in [3.63, 3.8) is 0 Å². The number of hydrogen-bond acceptors (Lipinski definition) is 7. The van der Waals surface area contributed by atoms with Gasteiger partial charge in [0, 0.05) is 42.6 Å². The van der Waals surface area contributed by atoms with E-state index in [1.807, 2.05) is 13.0 Å². The summed E-state index contributed by atoms with van der Waals surface area (Å²) < 4.78 is 38.5. The van der Waals surface area contributed by atoms with Crippen LogP contribution in [0.5, 0.6) is 5.75 Å². The molecule has 1 fully saturated rings. The summed E-state index contributed by atoms with van der Waals surface area (Å²) in [6.07, 6.45) is 1.59. The number of fused-ring (bicyclic) bond motifs is 1. The topological polar surface area (TPSA) is 106 Å². The number of benzene rings is 1. The molecule has 0 radical (unpaired) electrons. The lowest BCUT2D eigenvalue weighted by molar-refractivity contribution is -0.132. The zero-order valence-corrected chi connectivity index (χ0v) is 20.1. The third-order valence-corrected chi connectivity index (χ3v) is 8.93. The molecule has 2 aromatic heterocycles. The average molecular weight is 491 g/mol. The molecule has 1 N–H and O–H groups in total. The first-order valence-corrected chi connectivity index (χ1v) is 13.1. The molecule has 1 aliphatic heterocycles. The Balaban J connectivity index is 1.35. The molecule has 33 heavy (non-hydrogen) atoms. The van der Waals surface area contributed by atoms with Crippen LogP contribution in [0.4, 0.5) is 0 Å². The minimum atomic E-state index is -3.52. The third kappa shape index (κ3) is 5.13. The molecule has 8 nitrogen and oxygen atoms in total. The summed E-state index contributed by atoms with van der Waals surface area (Å²) in [4.78, 5) is 27.0. The number of methoxy groups -OCH3 is 1. The molecule has 1 aromatic carbocycles. The Bertz CT molecular complexity index is 1310. The Morgan fingerprint density at radius 1 is 1.27 bits per heavy atom. The normalized spacial score (nSPS) is 15.2. The highest BCUT2D eigenvalue weighted by molar-refractivity contribution is 7.91. The van der Waals surface area contributed by atoms with Crippen molar-refractivity contribution in [3.8, 4) is 5.75 Å². The molecule has 3 heterocycles. The monoisotopic (exact) mass is 490 g/mol. The number of likely N-dealkylation sites (tertiary alicyclic amines) is 1. The molecule has 0 unspecified atom stereocenters. The molecule has 0 atom stereocenters. The van der Waals surface area contributed by atoms with E-state index in [-0.39, 0.29) is 18.4 Å². The quantitative estimate of drug-likeness (QED) is 0.510. The van der Waals surface area contributed by atoms with Gasteiger partial charge in [-0.05, 0) is 55.3 Å². The lowest BCUT2D eigenvalue weighted by Gasteiger charge is -2.32. The summed E-state index contributed by atoms with van der Waals surface area (Å²) >= 11 is 1.18. The first-order valence-electron chi connectivity index (χ1n) is 10.7. The Kier molecular flexibility index (Phi) is 6.87. The van der Waals surface area contributed by atoms with Crippen molar-refractivity contribution < 1.29 is 22.4 Å². The zero-order chi connectivity index (χ0) is 23.6. The fourth-order valence-electron chi connectivity index (χ4n) is 4.12. The number of piperidine rings is 1. The number of nitrogens with zero attached hydrogens (tertiary/aromatic N) is 1. The molecule has 0 bridgehead atoms. The van der Waals surface area contributed by atoms with Crippen LogP contribution in [0.2, 0.25) is 0 Å². The van der Waals surface area contributed by atoms with Gasteiger partial charge in [-0.15, -0.1) is 11.3 Å². The third-order valence-electron chi connectivity index (χ3n) is 6.01. The van der Waals surface area contributed by atoms with Crippen LogP contribution in [0.1, 0.15) is 30.4 Å². The Labute approximate surface area is 196 Å². The van der Waals surface area contributed by atoms with Gasteiger partial charge in [-0.25, -0.2) is 17.9 Å². The number of nitrogens with one attached hydrogen (secondary N) is 1. The van der Waals surface area contributed by atoms with Crippen LogP contribution >= 0.6 is 11.3 Å². The molecular formula is C23H26N2O6S2. The van der Waals surface area contributed by atoms with Crippen LogP contribution in [-0.2, 0) is 21.2 Å². The van der Waals surface area contributed by atoms with Crippen LogP contribution in [0.15, 0.2) is 49.1 Å². The van der Waals surface area contributed by atoms with E-state index in [0.717, 1.165) is 10.9 Å². The minimum Gasteiger partial charge on any atom is -0.497 e. The van der Waals surface area contributed by atoms with Crippen LogP contribution in [0, 0.1) is 6.92 Å². The average Bonchev–Trinajstić information content (AvgIpc) is 3.35. The lowest BCUT2D eigenvalue weighted by Crippen LogP contribution is -2.46. The zero-order valence-electron chi connectivity index (χ0n) is 18.5. The SMILES string of the molecule is COc1ccc2c(C)c(CCC(=O)N3CCC(NS(=O)(=O)c4cccs4)CC3)c(=O)oc2c1. The predicted octanol–water partition coefficient (Wildman–Crippen LogP) is 3.07. The molecule has 176 valence electrons.